The van der Waals surface area contributed by atoms with Crippen LogP contribution in [-0.4, -0.2) is 15.0 Å². The number of hydrogen-bond donors (Lipinski definition) is 0. The second-order valence-corrected chi connectivity index (χ2v) is 5.62. The molecule has 1 aromatic heterocycles. The Morgan fingerprint density at radius 1 is 1.19 bits per heavy atom. The molecular weight excluding hydrogens is 222 g/mol. The molecule has 3 nitrogen and oxygen atoms in total. The van der Waals surface area contributed by atoms with Crippen molar-refractivity contribution < 1.29 is 0 Å². The number of hydrogen-bond acceptors (Lipinski definition) is 2. The molecule has 0 fully saturated rings. The van der Waals surface area contributed by atoms with Crippen LogP contribution in [-0.2, 0) is 12.0 Å². The van der Waals surface area contributed by atoms with E-state index in [-0.39, 0.29) is 5.41 Å². The molecule has 0 aliphatic rings. The average Bonchev–Trinajstić information content (AvgIpc) is 2.54. The van der Waals surface area contributed by atoms with Gasteiger partial charge in [0.15, 0.2) is 5.15 Å². The molecule has 0 radical (unpaired) electrons. The summed E-state index contributed by atoms with van der Waals surface area (Å²) >= 11 is 6.26. The Labute approximate surface area is 103 Å². The normalized spacial score (nSPS) is 12.1. The Morgan fingerprint density at radius 3 is 2.38 bits per heavy atom. The average molecular weight is 244 g/mol. The van der Waals surface area contributed by atoms with E-state index >= 15 is 0 Å². The maximum atomic E-state index is 6.26. The summed E-state index contributed by atoms with van der Waals surface area (Å²) in [5.41, 5.74) is 0.864. The molecule has 0 bridgehead atoms. The second-order valence-electron chi connectivity index (χ2n) is 5.26. The van der Waals surface area contributed by atoms with Gasteiger partial charge in [-0.05, 0) is 6.42 Å². The van der Waals surface area contributed by atoms with Gasteiger partial charge in [-0.3, -0.25) is 0 Å². The van der Waals surface area contributed by atoms with Crippen molar-refractivity contribution in [1.82, 2.24) is 15.0 Å². The molecule has 1 rings (SSSR count). The molecule has 0 aromatic carbocycles. The fourth-order valence-corrected chi connectivity index (χ4v) is 2.03. The van der Waals surface area contributed by atoms with E-state index in [2.05, 4.69) is 38.0 Å². The minimum absolute atomic E-state index is 0.0290. The van der Waals surface area contributed by atoms with Crippen molar-refractivity contribution in [2.45, 2.75) is 65.3 Å². The zero-order valence-corrected chi connectivity index (χ0v) is 11.5. The number of rotatable bonds is 5. The molecule has 0 saturated heterocycles. The summed E-state index contributed by atoms with van der Waals surface area (Å²) < 4.78 is 1.82. The molecule has 0 aliphatic heterocycles. The molecule has 4 heteroatoms. The van der Waals surface area contributed by atoms with E-state index < -0.39 is 0 Å². The highest BCUT2D eigenvalue weighted by Gasteiger charge is 2.23. The third-order valence-electron chi connectivity index (χ3n) is 2.61. The van der Waals surface area contributed by atoms with Gasteiger partial charge in [0.2, 0.25) is 0 Å². The van der Waals surface area contributed by atoms with Crippen molar-refractivity contribution >= 4 is 11.6 Å². The molecule has 0 atom stereocenters. The van der Waals surface area contributed by atoms with Crippen LogP contribution in [0, 0.1) is 0 Å². The molecule has 92 valence electrons. The summed E-state index contributed by atoms with van der Waals surface area (Å²) in [5.74, 6) is 0. The molecule has 0 unspecified atom stereocenters. The van der Waals surface area contributed by atoms with E-state index in [9.17, 15) is 0 Å². The lowest BCUT2D eigenvalue weighted by Gasteiger charge is -2.14. The van der Waals surface area contributed by atoms with Crippen LogP contribution in [0.4, 0.5) is 0 Å². The number of nitrogens with zero attached hydrogens (tertiary/aromatic N) is 3. The lowest BCUT2D eigenvalue weighted by molar-refractivity contribution is 0.528. The quantitative estimate of drug-likeness (QED) is 0.737. The maximum Gasteiger partial charge on any atom is 0.151 e. The first-order chi connectivity index (χ1) is 7.46. The minimum atomic E-state index is -0.0290. The van der Waals surface area contributed by atoms with Gasteiger partial charge in [-0.25, -0.2) is 4.68 Å². The topological polar surface area (TPSA) is 30.7 Å². The molecule has 0 amide bonds. The predicted molar refractivity (Wildman–Crippen MR) is 67.9 cm³/mol. The van der Waals surface area contributed by atoms with Crippen LogP contribution in [0.3, 0.4) is 0 Å². The maximum absolute atomic E-state index is 6.26. The lowest BCUT2D eigenvalue weighted by Crippen LogP contribution is -2.12. The van der Waals surface area contributed by atoms with E-state index in [1.165, 1.54) is 19.3 Å². The molecule has 0 N–H and O–H groups in total. The van der Waals surface area contributed by atoms with Crippen LogP contribution < -0.4 is 0 Å². The van der Waals surface area contributed by atoms with Gasteiger partial charge in [-0.15, -0.1) is 5.10 Å². The largest absolute Gasteiger partial charge is 0.233 e. The summed E-state index contributed by atoms with van der Waals surface area (Å²) in [6, 6.07) is 0. The Kier molecular flexibility index (Phi) is 4.78. The summed E-state index contributed by atoms with van der Waals surface area (Å²) in [5, 5.41) is 8.98. The van der Waals surface area contributed by atoms with Crippen molar-refractivity contribution in [2.75, 3.05) is 0 Å². The van der Waals surface area contributed by atoms with Gasteiger partial charge in [-0.2, -0.15) is 0 Å². The second kappa shape index (κ2) is 5.67. The molecule has 1 heterocycles. The zero-order valence-electron chi connectivity index (χ0n) is 10.8. The van der Waals surface area contributed by atoms with Crippen LogP contribution in [0.25, 0.3) is 0 Å². The van der Waals surface area contributed by atoms with Gasteiger partial charge in [0.05, 0.1) is 0 Å². The first-order valence-electron chi connectivity index (χ1n) is 6.06. The third kappa shape index (κ3) is 3.48. The standard InChI is InChI=1S/C12H22ClN3/c1-5-6-7-8-9-16-11(13)10(14-15-16)12(2,3)4/h5-9H2,1-4H3. The summed E-state index contributed by atoms with van der Waals surface area (Å²) in [6.45, 7) is 9.39. The number of unbranched alkanes of at least 4 members (excludes halogenated alkanes) is 3. The van der Waals surface area contributed by atoms with Crippen LogP contribution in [0.5, 0.6) is 0 Å². The molecule has 0 aliphatic carbocycles. The fraction of sp³-hybridized carbons (Fsp3) is 0.833. The third-order valence-corrected chi connectivity index (χ3v) is 2.98. The van der Waals surface area contributed by atoms with E-state index in [0.29, 0.717) is 5.15 Å². The number of aryl methyl sites for hydroxylation is 1. The highest BCUT2D eigenvalue weighted by Crippen LogP contribution is 2.26. The van der Waals surface area contributed by atoms with Crippen molar-refractivity contribution in [3.8, 4) is 0 Å². The Hall–Kier alpha value is -0.570. The molecule has 0 saturated carbocycles. The van der Waals surface area contributed by atoms with Crippen molar-refractivity contribution in [1.29, 1.82) is 0 Å². The highest BCUT2D eigenvalue weighted by molar-refractivity contribution is 6.30. The Morgan fingerprint density at radius 2 is 1.88 bits per heavy atom. The van der Waals surface area contributed by atoms with E-state index in [1.54, 1.807) is 0 Å². The van der Waals surface area contributed by atoms with Crippen LogP contribution in [0.15, 0.2) is 0 Å². The summed E-state index contributed by atoms with van der Waals surface area (Å²) in [4.78, 5) is 0. The van der Waals surface area contributed by atoms with Crippen molar-refractivity contribution in [2.24, 2.45) is 0 Å². The fourth-order valence-electron chi connectivity index (χ4n) is 1.59. The first kappa shape index (κ1) is 13.5. The molecule has 16 heavy (non-hydrogen) atoms. The molecule has 1 aromatic rings. The van der Waals surface area contributed by atoms with Crippen LogP contribution >= 0.6 is 11.6 Å². The Balaban J connectivity index is 2.59. The van der Waals surface area contributed by atoms with E-state index in [4.69, 9.17) is 11.6 Å². The van der Waals surface area contributed by atoms with Crippen molar-refractivity contribution in [3.63, 3.8) is 0 Å². The lowest BCUT2D eigenvalue weighted by atomic mass is 9.93. The zero-order chi connectivity index (χ0) is 12.2. The Bertz CT molecular complexity index is 325. The SMILES string of the molecule is CCCCCCn1nnc(C(C)(C)C)c1Cl. The van der Waals surface area contributed by atoms with Gasteiger partial charge in [-0.1, -0.05) is 63.8 Å². The summed E-state index contributed by atoms with van der Waals surface area (Å²) in [6.07, 6.45) is 4.88. The van der Waals surface area contributed by atoms with Gasteiger partial charge < -0.3 is 0 Å². The first-order valence-corrected chi connectivity index (χ1v) is 6.44. The monoisotopic (exact) mass is 243 g/mol. The minimum Gasteiger partial charge on any atom is -0.233 e. The van der Waals surface area contributed by atoms with E-state index in [0.717, 1.165) is 18.7 Å². The predicted octanol–water partition coefficient (Wildman–Crippen LogP) is 3.81. The van der Waals surface area contributed by atoms with Gasteiger partial charge in [0, 0.05) is 12.0 Å². The molecule has 0 spiro atoms. The number of halogens is 1. The van der Waals surface area contributed by atoms with Crippen LogP contribution in [0.1, 0.15) is 59.1 Å². The molecular formula is C12H22ClN3. The van der Waals surface area contributed by atoms with Gasteiger partial charge >= 0.3 is 0 Å². The summed E-state index contributed by atoms with van der Waals surface area (Å²) in [7, 11) is 0. The van der Waals surface area contributed by atoms with Crippen molar-refractivity contribution in [3.05, 3.63) is 10.8 Å². The van der Waals surface area contributed by atoms with E-state index in [1.807, 2.05) is 4.68 Å². The smallest absolute Gasteiger partial charge is 0.151 e. The highest BCUT2D eigenvalue weighted by atomic mass is 35.5. The van der Waals surface area contributed by atoms with Gasteiger partial charge in [0.1, 0.15) is 5.69 Å². The van der Waals surface area contributed by atoms with Crippen LogP contribution in [0.2, 0.25) is 5.15 Å². The number of aromatic nitrogens is 3. The van der Waals surface area contributed by atoms with Gasteiger partial charge in [0.25, 0.3) is 0 Å².